The molecule has 7 heteroatoms. The molecule has 3 aromatic rings. The first kappa shape index (κ1) is 21.1. The number of aryl methyl sites for hydroxylation is 1. The molecule has 0 saturated heterocycles. The van der Waals surface area contributed by atoms with Gasteiger partial charge in [0.15, 0.2) is 0 Å². The smallest absolute Gasteiger partial charge is 0.255 e. The lowest BCUT2D eigenvalue weighted by Crippen LogP contribution is -2.24. The van der Waals surface area contributed by atoms with E-state index in [0.29, 0.717) is 28.6 Å². The van der Waals surface area contributed by atoms with Crippen LogP contribution in [0.4, 0.5) is 0 Å². The molecule has 0 unspecified atom stereocenters. The maximum absolute atomic E-state index is 13.0. The van der Waals surface area contributed by atoms with Crippen LogP contribution in [-0.2, 0) is 6.54 Å². The van der Waals surface area contributed by atoms with Crippen LogP contribution in [0.3, 0.4) is 0 Å². The highest BCUT2D eigenvalue weighted by Gasteiger charge is 2.33. The van der Waals surface area contributed by atoms with Crippen LogP contribution in [0, 0.1) is 6.92 Å². The molecule has 1 saturated carbocycles. The molecule has 0 bridgehead atoms. The second kappa shape index (κ2) is 8.55. The normalized spacial score (nSPS) is 13.2. The van der Waals surface area contributed by atoms with Crippen LogP contribution in [0.5, 0.6) is 0 Å². The number of benzene rings is 2. The van der Waals surface area contributed by atoms with E-state index < -0.39 is 0 Å². The Labute approximate surface area is 186 Å². The van der Waals surface area contributed by atoms with E-state index in [4.69, 9.17) is 11.6 Å². The van der Waals surface area contributed by atoms with Crippen molar-refractivity contribution in [1.29, 1.82) is 0 Å². The molecular formula is C24H25ClN4O2. The lowest BCUT2D eigenvalue weighted by molar-refractivity contribution is 0.0827. The minimum absolute atomic E-state index is 0.0674. The summed E-state index contributed by atoms with van der Waals surface area (Å²) in [4.78, 5) is 26.7. The largest absolute Gasteiger partial charge is 0.348 e. The Morgan fingerprint density at radius 3 is 2.65 bits per heavy atom. The van der Waals surface area contributed by atoms with Crippen molar-refractivity contribution in [1.82, 2.24) is 20.0 Å². The molecule has 1 aliphatic rings. The van der Waals surface area contributed by atoms with Crippen molar-refractivity contribution < 1.29 is 9.59 Å². The zero-order valence-corrected chi connectivity index (χ0v) is 18.6. The van der Waals surface area contributed by atoms with Crippen LogP contribution in [0.2, 0.25) is 5.02 Å². The lowest BCUT2D eigenvalue weighted by atomic mass is 10.1. The van der Waals surface area contributed by atoms with Crippen LogP contribution in [-0.4, -0.2) is 40.6 Å². The Balaban J connectivity index is 1.55. The van der Waals surface area contributed by atoms with Crippen molar-refractivity contribution in [3.8, 4) is 5.69 Å². The highest BCUT2D eigenvalue weighted by atomic mass is 35.5. The van der Waals surface area contributed by atoms with Crippen molar-refractivity contribution in [2.45, 2.75) is 32.2 Å². The van der Waals surface area contributed by atoms with Gasteiger partial charge in [0.05, 0.1) is 23.1 Å². The summed E-state index contributed by atoms with van der Waals surface area (Å²) in [6.45, 7) is 2.29. The molecule has 1 heterocycles. The van der Waals surface area contributed by atoms with Gasteiger partial charge in [0.1, 0.15) is 0 Å². The molecule has 1 aromatic heterocycles. The summed E-state index contributed by atoms with van der Waals surface area (Å²) in [6.07, 6.45) is 3.71. The first-order chi connectivity index (χ1) is 14.8. The third-order valence-electron chi connectivity index (χ3n) is 5.45. The van der Waals surface area contributed by atoms with E-state index in [0.717, 1.165) is 35.3 Å². The molecule has 4 rings (SSSR count). The van der Waals surface area contributed by atoms with Gasteiger partial charge < -0.3 is 10.2 Å². The molecule has 2 aromatic carbocycles. The summed E-state index contributed by atoms with van der Waals surface area (Å²) in [5, 5.41) is 8.15. The molecule has 0 aliphatic heterocycles. The standard InChI is InChI=1S/C24H25ClN4O2/c1-15-7-10-19(12-21(15)25)29-22(17-8-9-17)20(14-27-29)23(30)26-13-16-5-4-6-18(11-16)24(31)28(2)3/h4-7,10-12,14,17H,8-9,13H2,1-3H3,(H,26,30). The van der Waals surface area contributed by atoms with Gasteiger partial charge in [0.25, 0.3) is 11.8 Å². The minimum Gasteiger partial charge on any atom is -0.348 e. The van der Waals surface area contributed by atoms with Gasteiger partial charge >= 0.3 is 0 Å². The SMILES string of the molecule is Cc1ccc(-n2ncc(C(=O)NCc3cccc(C(=O)N(C)C)c3)c2C2CC2)cc1Cl. The second-order valence-corrected chi connectivity index (χ2v) is 8.55. The molecule has 31 heavy (non-hydrogen) atoms. The second-order valence-electron chi connectivity index (χ2n) is 8.15. The van der Waals surface area contributed by atoms with Crippen LogP contribution in [0.1, 0.15) is 56.3 Å². The number of carbonyl (C=O) groups excluding carboxylic acids is 2. The number of hydrogen-bond donors (Lipinski definition) is 1. The summed E-state index contributed by atoms with van der Waals surface area (Å²) in [5.41, 5.74) is 4.82. The number of aromatic nitrogens is 2. The van der Waals surface area contributed by atoms with Crippen LogP contribution < -0.4 is 5.32 Å². The average Bonchev–Trinajstić information content (AvgIpc) is 3.51. The molecule has 2 amide bonds. The fourth-order valence-electron chi connectivity index (χ4n) is 3.55. The minimum atomic E-state index is -0.171. The number of nitrogens with one attached hydrogen (secondary N) is 1. The summed E-state index contributed by atoms with van der Waals surface area (Å²) < 4.78 is 1.83. The van der Waals surface area contributed by atoms with Gasteiger partial charge in [-0.05, 0) is 55.2 Å². The van der Waals surface area contributed by atoms with Crippen molar-refractivity contribution >= 4 is 23.4 Å². The highest BCUT2D eigenvalue weighted by Crippen LogP contribution is 2.42. The van der Waals surface area contributed by atoms with Gasteiger partial charge in [0.2, 0.25) is 0 Å². The van der Waals surface area contributed by atoms with Crippen LogP contribution in [0.15, 0.2) is 48.7 Å². The van der Waals surface area contributed by atoms with Crippen LogP contribution in [0.25, 0.3) is 5.69 Å². The summed E-state index contributed by atoms with van der Waals surface area (Å²) >= 11 is 6.31. The van der Waals surface area contributed by atoms with E-state index in [1.807, 2.05) is 48.0 Å². The number of amides is 2. The monoisotopic (exact) mass is 436 g/mol. The number of nitrogens with zero attached hydrogens (tertiary/aromatic N) is 3. The molecule has 1 aliphatic carbocycles. The van der Waals surface area contributed by atoms with E-state index in [1.165, 1.54) is 4.90 Å². The summed E-state index contributed by atoms with van der Waals surface area (Å²) in [6, 6.07) is 13.1. The Morgan fingerprint density at radius 1 is 1.19 bits per heavy atom. The zero-order chi connectivity index (χ0) is 22.1. The van der Waals surface area contributed by atoms with Gasteiger partial charge in [-0.15, -0.1) is 0 Å². The van der Waals surface area contributed by atoms with Gasteiger partial charge in [0, 0.05) is 37.1 Å². The predicted molar refractivity (Wildman–Crippen MR) is 121 cm³/mol. The molecule has 1 fully saturated rings. The van der Waals surface area contributed by atoms with E-state index in [2.05, 4.69) is 10.4 Å². The van der Waals surface area contributed by atoms with E-state index in [-0.39, 0.29) is 11.8 Å². The third kappa shape index (κ3) is 4.49. The van der Waals surface area contributed by atoms with Gasteiger partial charge in [-0.3, -0.25) is 9.59 Å². The van der Waals surface area contributed by atoms with Gasteiger partial charge in [-0.1, -0.05) is 29.8 Å². The van der Waals surface area contributed by atoms with E-state index in [9.17, 15) is 9.59 Å². The Kier molecular flexibility index (Phi) is 5.83. The van der Waals surface area contributed by atoms with Gasteiger partial charge in [-0.25, -0.2) is 4.68 Å². The number of rotatable bonds is 6. The fraction of sp³-hybridized carbons (Fsp3) is 0.292. The first-order valence-corrected chi connectivity index (χ1v) is 10.7. The number of halogens is 1. The van der Waals surface area contributed by atoms with Crippen molar-refractivity contribution in [2.24, 2.45) is 0 Å². The van der Waals surface area contributed by atoms with Crippen LogP contribution >= 0.6 is 11.6 Å². The topological polar surface area (TPSA) is 67.2 Å². The zero-order valence-electron chi connectivity index (χ0n) is 17.9. The van der Waals surface area contributed by atoms with Crippen molar-refractivity contribution in [3.63, 3.8) is 0 Å². The van der Waals surface area contributed by atoms with Crippen molar-refractivity contribution in [2.75, 3.05) is 14.1 Å². The van der Waals surface area contributed by atoms with Gasteiger partial charge in [-0.2, -0.15) is 5.10 Å². The molecular weight excluding hydrogens is 412 g/mol. The first-order valence-electron chi connectivity index (χ1n) is 10.3. The average molecular weight is 437 g/mol. The highest BCUT2D eigenvalue weighted by molar-refractivity contribution is 6.31. The maximum Gasteiger partial charge on any atom is 0.255 e. The third-order valence-corrected chi connectivity index (χ3v) is 5.86. The van der Waals surface area contributed by atoms with E-state index in [1.54, 1.807) is 26.4 Å². The molecule has 0 spiro atoms. The molecule has 6 nitrogen and oxygen atoms in total. The fourth-order valence-corrected chi connectivity index (χ4v) is 3.73. The van der Waals surface area contributed by atoms with E-state index >= 15 is 0 Å². The number of carbonyl (C=O) groups is 2. The quantitative estimate of drug-likeness (QED) is 0.624. The lowest BCUT2D eigenvalue weighted by Gasteiger charge is -2.12. The Hall–Kier alpha value is -3.12. The summed E-state index contributed by atoms with van der Waals surface area (Å²) in [7, 11) is 3.43. The summed E-state index contributed by atoms with van der Waals surface area (Å²) in [5.74, 6) is 0.0855. The molecule has 0 atom stereocenters. The van der Waals surface area contributed by atoms with Crippen molar-refractivity contribution in [3.05, 3.63) is 81.6 Å². The Morgan fingerprint density at radius 2 is 1.97 bits per heavy atom. The maximum atomic E-state index is 13.0. The Bertz CT molecular complexity index is 1150. The molecule has 1 N–H and O–H groups in total. The molecule has 0 radical (unpaired) electrons. The molecule has 160 valence electrons. The predicted octanol–water partition coefficient (Wildman–Crippen LogP) is 4.34. The number of hydrogen-bond acceptors (Lipinski definition) is 3.